The number of hydrogen-bond donors (Lipinski definition) is 2. The molecular formula is C15H21N3O2. The van der Waals surface area contributed by atoms with Gasteiger partial charge < -0.3 is 15.8 Å². The second-order valence-electron chi connectivity index (χ2n) is 5.56. The molecule has 0 spiro atoms. The van der Waals surface area contributed by atoms with Crippen LogP contribution in [0.3, 0.4) is 0 Å². The molecule has 0 radical (unpaired) electrons. The molecule has 5 heteroatoms. The van der Waals surface area contributed by atoms with Crippen LogP contribution in [0, 0.1) is 5.92 Å². The van der Waals surface area contributed by atoms with Gasteiger partial charge in [-0.05, 0) is 44.7 Å². The highest BCUT2D eigenvalue weighted by Crippen LogP contribution is 2.30. The smallest absolute Gasteiger partial charge is 0.254 e. The Balaban J connectivity index is 2.14. The molecule has 1 aliphatic rings. The molecule has 0 aromatic heterocycles. The van der Waals surface area contributed by atoms with E-state index in [-0.39, 0.29) is 17.8 Å². The van der Waals surface area contributed by atoms with Crippen LogP contribution < -0.4 is 5.73 Å². The number of carbonyl (C=O) groups is 1. The molecule has 5 nitrogen and oxygen atoms in total. The lowest BCUT2D eigenvalue weighted by Crippen LogP contribution is -2.38. The third-order valence-electron chi connectivity index (χ3n) is 3.57. The van der Waals surface area contributed by atoms with Gasteiger partial charge in [0.25, 0.3) is 5.91 Å². The van der Waals surface area contributed by atoms with Crippen LogP contribution in [0.5, 0.6) is 0 Å². The zero-order valence-corrected chi connectivity index (χ0v) is 11.9. The van der Waals surface area contributed by atoms with Crippen LogP contribution >= 0.6 is 0 Å². The Morgan fingerprint density at radius 2 is 1.90 bits per heavy atom. The molecular weight excluding hydrogens is 254 g/mol. The van der Waals surface area contributed by atoms with Crippen LogP contribution in [0.25, 0.3) is 0 Å². The molecule has 0 unspecified atom stereocenters. The van der Waals surface area contributed by atoms with E-state index in [9.17, 15) is 4.79 Å². The molecule has 20 heavy (non-hydrogen) atoms. The minimum absolute atomic E-state index is 0.0398. The standard InChI is InChI=1S/C15H21N3O2/c1-10(2)18(9-11-3-4-11)15(19)13-7-5-12(6-8-13)14(16)17-20/h5-8,10-11,20H,3-4,9H2,1-2H3,(H2,16,17). The van der Waals surface area contributed by atoms with Crippen molar-refractivity contribution in [1.29, 1.82) is 0 Å². The quantitative estimate of drug-likeness (QED) is 0.373. The zero-order chi connectivity index (χ0) is 14.7. The fourth-order valence-electron chi connectivity index (χ4n) is 2.11. The molecule has 2 rings (SSSR count). The molecule has 1 fully saturated rings. The Morgan fingerprint density at radius 3 is 2.35 bits per heavy atom. The Labute approximate surface area is 119 Å². The summed E-state index contributed by atoms with van der Waals surface area (Å²) in [4.78, 5) is 14.4. The van der Waals surface area contributed by atoms with Crippen molar-refractivity contribution in [3.8, 4) is 0 Å². The Bertz CT molecular complexity index is 504. The number of hydrogen-bond acceptors (Lipinski definition) is 3. The van der Waals surface area contributed by atoms with Crippen LogP contribution in [-0.2, 0) is 0 Å². The van der Waals surface area contributed by atoms with Crippen LogP contribution in [0.15, 0.2) is 29.4 Å². The number of amides is 1. The Morgan fingerprint density at radius 1 is 1.35 bits per heavy atom. The number of nitrogens with two attached hydrogens (primary N) is 1. The monoisotopic (exact) mass is 275 g/mol. The number of nitrogens with zero attached hydrogens (tertiary/aromatic N) is 2. The number of benzene rings is 1. The molecule has 3 N–H and O–H groups in total. The van der Waals surface area contributed by atoms with E-state index in [0.29, 0.717) is 17.0 Å². The maximum Gasteiger partial charge on any atom is 0.254 e. The highest BCUT2D eigenvalue weighted by molar-refractivity contribution is 5.99. The van der Waals surface area contributed by atoms with Crippen LogP contribution in [-0.4, -0.2) is 34.4 Å². The van der Waals surface area contributed by atoms with Crippen molar-refractivity contribution in [1.82, 2.24) is 4.90 Å². The predicted octanol–water partition coefficient (Wildman–Crippen LogP) is 2.04. The van der Waals surface area contributed by atoms with Crippen LogP contribution in [0.4, 0.5) is 0 Å². The average Bonchev–Trinajstić information content (AvgIpc) is 3.27. The van der Waals surface area contributed by atoms with E-state index in [1.807, 2.05) is 18.7 Å². The van der Waals surface area contributed by atoms with E-state index >= 15 is 0 Å². The van der Waals surface area contributed by atoms with E-state index in [1.165, 1.54) is 12.8 Å². The van der Waals surface area contributed by atoms with Crippen molar-refractivity contribution >= 4 is 11.7 Å². The van der Waals surface area contributed by atoms with Crippen molar-refractivity contribution in [2.24, 2.45) is 16.8 Å². The first-order chi connectivity index (χ1) is 9.52. The first-order valence-corrected chi connectivity index (χ1v) is 6.92. The molecule has 0 atom stereocenters. The largest absolute Gasteiger partial charge is 0.409 e. The van der Waals surface area contributed by atoms with Gasteiger partial charge in [0, 0.05) is 23.7 Å². The van der Waals surface area contributed by atoms with Gasteiger partial charge in [-0.1, -0.05) is 17.3 Å². The Hall–Kier alpha value is -2.04. The maximum absolute atomic E-state index is 12.5. The van der Waals surface area contributed by atoms with Crippen molar-refractivity contribution < 1.29 is 10.0 Å². The zero-order valence-electron chi connectivity index (χ0n) is 11.9. The second kappa shape index (κ2) is 5.94. The first-order valence-electron chi connectivity index (χ1n) is 6.92. The molecule has 0 bridgehead atoms. The fraction of sp³-hybridized carbons (Fsp3) is 0.467. The van der Waals surface area contributed by atoms with E-state index < -0.39 is 0 Å². The lowest BCUT2D eigenvalue weighted by Gasteiger charge is -2.27. The van der Waals surface area contributed by atoms with Gasteiger partial charge in [0.05, 0.1) is 0 Å². The van der Waals surface area contributed by atoms with Crippen molar-refractivity contribution in [2.45, 2.75) is 32.7 Å². The van der Waals surface area contributed by atoms with Crippen molar-refractivity contribution in [3.63, 3.8) is 0 Å². The van der Waals surface area contributed by atoms with Crippen molar-refractivity contribution in [2.75, 3.05) is 6.54 Å². The summed E-state index contributed by atoms with van der Waals surface area (Å²) < 4.78 is 0. The van der Waals surface area contributed by atoms with Gasteiger partial charge in [0.1, 0.15) is 0 Å². The molecule has 1 aromatic rings. The minimum Gasteiger partial charge on any atom is -0.409 e. The van der Waals surface area contributed by atoms with Crippen LogP contribution in [0.1, 0.15) is 42.6 Å². The van der Waals surface area contributed by atoms with Gasteiger partial charge in [0.15, 0.2) is 5.84 Å². The third kappa shape index (κ3) is 3.29. The summed E-state index contributed by atoms with van der Waals surface area (Å²) in [5.74, 6) is 0.749. The SMILES string of the molecule is CC(C)N(CC1CC1)C(=O)c1ccc(C(N)=NO)cc1. The normalized spacial score (nSPS) is 15.4. The topological polar surface area (TPSA) is 78.9 Å². The third-order valence-corrected chi connectivity index (χ3v) is 3.57. The predicted molar refractivity (Wildman–Crippen MR) is 77.8 cm³/mol. The van der Waals surface area contributed by atoms with E-state index in [4.69, 9.17) is 10.9 Å². The van der Waals surface area contributed by atoms with Gasteiger partial charge in [-0.2, -0.15) is 0 Å². The van der Waals surface area contributed by atoms with Crippen LogP contribution in [0.2, 0.25) is 0 Å². The number of rotatable bonds is 5. The lowest BCUT2D eigenvalue weighted by molar-refractivity contribution is 0.0696. The molecule has 1 amide bonds. The highest BCUT2D eigenvalue weighted by Gasteiger charge is 2.28. The number of carbonyl (C=O) groups excluding carboxylic acids is 1. The van der Waals surface area contributed by atoms with Gasteiger partial charge in [0.2, 0.25) is 0 Å². The molecule has 0 aliphatic heterocycles. The average molecular weight is 275 g/mol. The molecule has 0 saturated heterocycles. The summed E-state index contributed by atoms with van der Waals surface area (Å²) in [6, 6.07) is 7.01. The molecule has 1 saturated carbocycles. The first kappa shape index (κ1) is 14.4. The highest BCUT2D eigenvalue weighted by atomic mass is 16.4. The summed E-state index contributed by atoms with van der Waals surface area (Å²) in [6.45, 7) is 4.90. The van der Waals surface area contributed by atoms with Gasteiger partial charge in [-0.15, -0.1) is 0 Å². The minimum atomic E-state index is 0.0398. The lowest BCUT2D eigenvalue weighted by atomic mass is 10.1. The van der Waals surface area contributed by atoms with E-state index in [2.05, 4.69) is 5.16 Å². The molecule has 0 heterocycles. The summed E-state index contributed by atoms with van der Waals surface area (Å²) in [7, 11) is 0. The van der Waals surface area contributed by atoms with Gasteiger partial charge in [-0.3, -0.25) is 4.79 Å². The number of amidine groups is 1. The number of oxime groups is 1. The molecule has 108 valence electrons. The molecule has 1 aromatic carbocycles. The second-order valence-corrected chi connectivity index (χ2v) is 5.56. The molecule has 1 aliphatic carbocycles. The van der Waals surface area contributed by atoms with E-state index in [0.717, 1.165) is 6.54 Å². The maximum atomic E-state index is 12.5. The van der Waals surface area contributed by atoms with E-state index in [1.54, 1.807) is 24.3 Å². The van der Waals surface area contributed by atoms with Gasteiger partial charge >= 0.3 is 0 Å². The summed E-state index contributed by atoms with van der Waals surface area (Å²) in [5, 5.41) is 11.6. The Kier molecular flexibility index (Phi) is 4.27. The van der Waals surface area contributed by atoms with Gasteiger partial charge in [-0.25, -0.2) is 0 Å². The summed E-state index contributed by atoms with van der Waals surface area (Å²) in [5.41, 5.74) is 6.74. The summed E-state index contributed by atoms with van der Waals surface area (Å²) >= 11 is 0. The summed E-state index contributed by atoms with van der Waals surface area (Å²) in [6.07, 6.45) is 2.44. The van der Waals surface area contributed by atoms with Crippen molar-refractivity contribution in [3.05, 3.63) is 35.4 Å². The fourth-order valence-corrected chi connectivity index (χ4v) is 2.11.